The van der Waals surface area contributed by atoms with Crippen molar-refractivity contribution in [2.75, 3.05) is 0 Å². The van der Waals surface area contributed by atoms with Crippen LogP contribution >= 0.6 is 22.9 Å². The molecule has 0 bridgehead atoms. The van der Waals surface area contributed by atoms with E-state index in [4.69, 9.17) is 11.6 Å². The van der Waals surface area contributed by atoms with Crippen LogP contribution in [0.1, 0.15) is 32.3 Å². The molecular formula is C19H21ClN2O3S2. The van der Waals surface area contributed by atoms with E-state index in [1.54, 1.807) is 28.8 Å². The lowest BCUT2D eigenvalue weighted by atomic mass is 10.2. The Morgan fingerprint density at radius 1 is 1.22 bits per heavy atom. The lowest BCUT2D eigenvalue weighted by Gasteiger charge is -2.13. The molecule has 27 heavy (non-hydrogen) atoms. The molecule has 1 heterocycles. The first-order valence-electron chi connectivity index (χ1n) is 8.71. The number of nitrogens with zero attached hydrogens (tertiary/aromatic N) is 1. The predicted octanol–water partition coefficient (Wildman–Crippen LogP) is 4.23. The first kappa shape index (κ1) is 20.1. The first-order chi connectivity index (χ1) is 12.8. The van der Waals surface area contributed by atoms with Gasteiger partial charge in [0.2, 0.25) is 10.0 Å². The van der Waals surface area contributed by atoms with Crippen molar-refractivity contribution in [3.63, 3.8) is 0 Å². The predicted molar refractivity (Wildman–Crippen MR) is 111 cm³/mol. The van der Waals surface area contributed by atoms with Crippen LogP contribution in [0.4, 0.5) is 0 Å². The molecule has 0 unspecified atom stereocenters. The minimum Gasteiger partial charge on any atom is -0.294 e. The van der Waals surface area contributed by atoms with E-state index in [2.05, 4.69) is 4.72 Å². The molecule has 1 N–H and O–H groups in total. The molecule has 1 aromatic heterocycles. The van der Waals surface area contributed by atoms with Crippen LogP contribution in [-0.2, 0) is 16.6 Å². The molecule has 0 saturated heterocycles. The number of fused-ring (bicyclic) bond motifs is 1. The van der Waals surface area contributed by atoms with Crippen LogP contribution in [0.25, 0.3) is 10.2 Å². The summed E-state index contributed by atoms with van der Waals surface area (Å²) in [6, 6.07) is 12.0. The molecule has 1 atom stereocenters. The summed E-state index contributed by atoms with van der Waals surface area (Å²) >= 11 is 7.24. The zero-order chi connectivity index (χ0) is 19.6. The number of nitrogens with one attached hydrogen (secondary N) is 1. The van der Waals surface area contributed by atoms with E-state index in [0.717, 1.165) is 29.7 Å². The number of rotatable bonds is 7. The summed E-state index contributed by atoms with van der Waals surface area (Å²) in [6.07, 6.45) is 1.66. The maximum atomic E-state index is 12.6. The third-order valence-electron chi connectivity index (χ3n) is 4.31. The van der Waals surface area contributed by atoms with Crippen LogP contribution in [0.15, 0.2) is 52.2 Å². The van der Waals surface area contributed by atoms with Gasteiger partial charge in [-0.1, -0.05) is 54.5 Å². The average molecular weight is 425 g/mol. The van der Waals surface area contributed by atoms with Crippen LogP contribution in [0.5, 0.6) is 0 Å². The van der Waals surface area contributed by atoms with Gasteiger partial charge in [-0.25, -0.2) is 13.1 Å². The van der Waals surface area contributed by atoms with Crippen molar-refractivity contribution in [1.82, 2.24) is 9.29 Å². The molecule has 0 fully saturated rings. The fourth-order valence-electron chi connectivity index (χ4n) is 2.99. The molecule has 0 aliphatic carbocycles. The Hall–Kier alpha value is -1.67. The molecule has 5 nitrogen and oxygen atoms in total. The second kappa shape index (κ2) is 8.14. The molecule has 0 aliphatic heterocycles. The topological polar surface area (TPSA) is 68.2 Å². The SMILES string of the molecule is CCC[C@H](C)NS(=O)(=O)c1ccc2c(c1)sc(=O)n2Cc1ccccc1Cl. The Labute approximate surface area is 167 Å². The zero-order valence-corrected chi connectivity index (χ0v) is 17.5. The van der Waals surface area contributed by atoms with Crippen molar-refractivity contribution < 1.29 is 8.42 Å². The smallest absolute Gasteiger partial charge is 0.294 e. The number of aromatic nitrogens is 1. The van der Waals surface area contributed by atoms with Crippen molar-refractivity contribution in [2.45, 2.75) is 44.2 Å². The third-order valence-corrected chi connectivity index (χ3v) is 7.21. The molecule has 0 amide bonds. The average Bonchev–Trinajstić information content (AvgIpc) is 2.91. The van der Waals surface area contributed by atoms with Crippen molar-refractivity contribution in [2.24, 2.45) is 0 Å². The Kier molecular flexibility index (Phi) is 6.05. The summed E-state index contributed by atoms with van der Waals surface area (Å²) in [7, 11) is -3.62. The lowest BCUT2D eigenvalue weighted by Crippen LogP contribution is -2.32. The molecule has 3 rings (SSSR count). The summed E-state index contributed by atoms with van der Waals surface area (Å²) in [6.45, 7) is 4.20. The van der Waals surface area contributed by atoms with Crippen molar-refractivity contribution >= 4 is 43.2 Å². The van der Waals surface area contributed by atoms with Gasteiger partial charge in [0.05, 0.1) is 21.7 Å². The monoisotopic (exact) mass is 424 g/mol. The second-order valence-electron chi connectivity index (χ2n) is 6.49. The van der Waals surface area contributed by atoms with Crippen molar-refractivity contribution in [1.29, 1.82) is 0 Å². The second-order valence-corrected chi connectivity index (χ2v) is 9.60. The minimum absolute atomic E-state index is 0.140. The molecule has 3 aromatic rings. The highest BCUT2D eigenvalue weighted by Gasteiger charge is 2.19. The van der Waals surface area contributed by atoms with Gasteiger partial charge < -0.3 is 0 Å². The van der Waals surface area contributed by atoms with E-state index in [-0.39, 0.29) is 15.8 Å². The summed E-state index contributed by atoms with van der Waals surface area (Å²) < 4.78 is 30.1. The highest BCUT2D eigenvalue weighted by molar-refractivity contribution is 7.89. The molecule has 0 radical (unpaired) electrons. The number of thiazole rings is 1. The Bertz CT molecular complexity index is 1120. The van der Waals surface area contributed by atoms with Crippen LogP contribution in [0.2, 0.25) is 5.02 Å². The lowest BCUT2D eigenvalue weighted by molar-refractivity contribution is 0.544. The molecule has 144 valence electrons. The van der Waals surface area contributed by atoms with Crippen LogP contribution < -0.4 is 9.60 Å². The first-order valence-corrected chi connectivity index (χ1v) is 11.4. The van der Waals surface area contributed by atoms with Gasteiger partial charge in [-0.05, 0) is 43.2 Å². The molecule has 8 heteroatoms. The largest absolute Gasteiger partial charge is 0.308 e. The quantitative estimate of drug-likeness (QED) is 0.617. The number of benzene rings is 2. The molecule has 0 saturated carbocycles. The van der Waals surface area contributed by atoms with E-state index in [9.17, 15) is 13.2 Å². The van der Waals surface area contributed by atoms with Crippen LogP contribution in [0.3, 0.4) is 0 Å². The summed E-state index contributed by atoms with van der Waals surface area (Å²) in [5, 5.41) is 0.594. The number of sulfonamides is 1. The van der Waals surface area contributed by atoms with Crippen LogP contribution in [-0.4, -0.2) is 19.0 Å². The maximum Gasteiger partial charge on any atom is 0.308 e. The molecule has 2 aromatic carbocycles. The number of hydrogen-bond donors (Lipinski definition) is 1. The standard InChI is InChI=1S/C19H21ClN2O3S2/c1-3-6-13(2)21-27(24,25)15-9-10-17-18(11-15)26-19(23)22(17)12-14-7-4-5-8-16(14)20/h4-5,7-11,13,21H,3,6,12H2,1-2H3/t13-/m0/s1. The Balaban J connectivity index is 1.96. The van der Waals surface area contributed by atoms with Gasteiger partial charge in [0.1, 0.15) is 0 Å². The fourth-order valence-corrected chi connectivity index (χ4v) is 5.49. The van der Waals surface area contributed by atoms with E-state index >= 15 is 0 Å². The third kappa shape index (κ3) is 4.43. The highest BCUT2D eigenvalue weighted by atomic mass is 35.5. The number of hydrogen-bond acceptors (Lipinski definition) is 4. The summed E-state index contributed by atoms with van der Waals surface area (Å²) in [4.78, 5) is 12.5. The van der Waals surface area contributed by atoms with Gasteiger partial charge in [-0.2, -0.15) is 0 Å². The summed E-state index contributed by atoms with van der Waals surface area (Å²) in [5.74, 6) is 0. The van der Waals surface area contributed by atoms with Crippen LogP contribution in [0, 0.1) is 0 Å². The maximum absolute atomic E-state index is 12.6. The summed E-state index contributed by atoms with van der Waals surface area (Å²) in [5.41, 5.74) is 1.54. The molecule has 0 aliphatic rings. The van der Waals surface area contributed by atoms with Gasteiger partial charge in [-0.3, -0.25) is 9.36 Å². The fraction of sp³-hybridized carbons (Fsp3) is 0.316. The van der Waals surface area contributed by atoms with E-state index < -0.39 is 10.0 Å². The van der Waals surface area contributed by atoms with Crippen molar-refractivity contribution in [3.05, 3.63) is 62.7 Å². The van der Waals surface area contributed by atoms with Gasteiger partial charge in [0, 0.05) is 11.1 Å². The van der Waals surface area contributed by atoms with Gasteiger partial charge in [0.15, 0.2) is 0 Å². The Morgan fingerprint density at radius 2 is 1.96 bits per heavy atom. The van der Waals surface area contributed by atoms with Gasteiger partial charge in [0.25, 0.3) is 0 Å². The minimum atomic E-state index is -3.62. The van der Waals surface area contributed by atoms with E-state index in [1.165, 1.54) is 0 Å². The van der Waals surface area contributed by atoms with Gasteiger partial charge in [-0.15, -0.1) is 0 Å². The van der Waals surface area contributed by atoms with E-state index in [1.807, 2.05) is 32.0 Å². The zero-order valence-electron chi connectivity index (χ0n) is 15.1. The number of halogens is 1. The molecular weight excluding hydrogens is 404 g/mol. The van der Waals surface area contributed by atoms with Crippen molar-refractivity contribution in [3.8, 4) is 0 Å². The molecule has 0 spiro atoms. The van der Waals surface area contributed by atoms with E-state index in [0.29, 0.717) is 21.8 Å². The van der Waals surface area contributed by atoms with Gasteiger partial charge >= 0.3 is 4.87 Å². The highest BCUT2D eigenvalue weighted by Crippen LogP contribution is 2.24. The Morgan fingerprint density at radius 3 is 2.67 bits per heavy atom. The normalized spacial score (nSPS) is 13.1.